The Bertz CT molecular complexity index is 1090. The molecule has 1 saturated carbocycles. The average Bonchev–Trinajstić information content (AvgIpc) is 3.24. The molecular formula is C35H55N3O2. The summed E-state index contributed by atoms with van der Waals surface area (Å²) in [5.74, 6) is 0.748. The second-order valence-corrected chi connectivity index (χ2v) is 14.4. The predicted molar refractivity (Wildman–Crippen MR) is 167 cm³/mol. The van der Waals surface area contributed by atoms with Crippen molar-refractivity contribution in [2.24, 2.45) is 5.92 Å². The van der Waals surface area contributed by atoms with Crippen molar-refractivity contribution >= 4 is 5.91 Å². The Kier molecular flexibility index (Phi) is 10.2. The minimum Gasteiger partial charge on any atom is -0.379 e. The van der Waals surface area contributed by atoms with Gasteiger partial charge in [-0.05, 0) is 90.8 Å². The second kappa shape index (κ2) is 13.2. The van der Waals surface area contributed by atoms with Gasteiger partial charge >= 0.3 is 0 Å². The average molecular weight is 550 g/mol. The Labute approximate surface area is 244 Å². The number of ether oxygens (including phenoxy) is 1. The van der Waals surface area contributed by atoms with Crippen LogP contribution in [0.3, 0.4) is 0 Å². The third-order valence-corrected chi connectivity index (χ3v) is 9.03. The molecule has 5 nitrogen and oxygen atoms in total. The number of morpholine rings is 1. The summed E-state index contributed by atoms with van der Waals surface area (Å²) in [6.07, 6.45) is 8.68. The van der Waals surface area contributed by atoms with Crippen molar-refractivity contribution in [3.8, 4) is 11.3 Å². The Hall–Kier alpha value is -2.11. The van der Waals surface area contributed by atoms with E-state index in [9.17, 15) is 4.79 Å². The maximum absolute atomic E-state index is 13.5. The zero-order valence-corrected chi connectivity index (χ0v) is 26.5. The van der Waals surface area contributed by atoms with Gasteiger partial charge in [-0.2, -0.15) is 0 Å². The highest BCUT2D eigenvalue weighted by Crippen LogP contribution is 2.36. The first-order valence-electron chi connectivity index (χ1n) is 15.9. The maximum atomic E-state index is 13.5. The third kappa shape index (κ3) is 8.00. The summed E-state index contributed by atoms with van der Waals surface area (Å²) in [7, 11) is 0. The van der Waals surface area contributed by atoms with E-state index in [4.69, 9.17) is 4.74 Å². The number of amides is 1. The van der Waals surface area contributed by atoms with Gasteiger partial charge in [-0.1, -0.05) is 66.9 Å². The van der Waals surface area contributed by atoms with Gasteiger partial charge in [0.25, 0.3) is 5.91 Å². The van der Waals surface area contributed by atoms with Crippen LogP contribution in [0.15, 0.2) is 24.3 Å². The number of unbranched alkanes of at least 4 members (excludes halogenated alkanes) is 1. The molecule has 1 saturated heterocycles. The fourth-order valence-corrected chi connectivity index (χ4v) is 6.20. The molecule has 1 N–H and O–H groups in total. The third-order valence-electron chi connectivity index (χ3n) is 9.03. The van der Waals surface area contributed by atoms with Crippen molar-refractivity contribution in [1.82, 2.24) is 14.8 Å². The highest BCUT2D eigenvalue weighted by Gasteiger charge is 2.25. The van der Waals surface area contributed by atoms with Crippen molar-refractivity contribution in [3.63, 3.8) is 0 Å². The van der Waals surface area contributed by atoms with Gasteiger partial charge in [0.05, 0.1) is 18.8 Å². The second-order valence-electron chi connectivity index (χ2n) is 14.4. The Morgan fingerprint density at radius 3 is 2.12 bits per heavy atom. The SMILES string of the molecule is Cc1c(C(=O)NCCCCN2CCOCC2)cc(-c2cc(C(C)(C)C)cc(C(C)(C)C)c2)n1CC1CCCCC1. The number of aromatic nitrogens is 1. The zero-order valence-electron chi connectivity index (χ0n) is 26.5. The maximum Gasteiger partial charge on any atom is 0.253 e. The lowest BCUT2D eigenvalue weighted by Crippen LogP contribution is -2.37. The number of nitrogens with one attached hydrogen (secondary N) is 1. The number of carbonyl (C=O) groups is 1. The summed E-state index contributed by atoms with van der Waals surface area (Å²) in [6, 6.07) is 9.30. The Morgan fingerprint density at radius 2 is 1.52 bits per heavy atom. The van der Waals surface area contributed by atoms with Gasteiger partial charge in [0.15, 0.2) is 0 Å². The van der Waals surface area contributed by atoms with E-state index in [2.05, 4.69) is 87.5 Å². The molecule has 0 unspecified atom stereocenters. The molecule has 2 aromatic rings. The molecule has 2 aliphatic rings. The smallest absolute Gasteiger partial charge is 0.253 e. The summed E-state index contributed by atoms with van der Waals surface area (Å²) in [6.45, 7) is 22.4. The topological polar surface area (TPSA) is 46.5 Å². The Balaban J connectivity index is 1.59. The number of rotatable bonds is 9. The summed E-state index contributed by atoms with van der Waals surface area (Å²) < 4.78 is 7.93. The fraction of sp³-hybridized carbons (Fsp3) is 0.686. The molecule has 222 valence electrons. The molecular weight excluding hydrogens is 494 g/mol. The van der Waals surface area contributed by atoms with Crippen molar-refractivity contribution in [3.05, 3.63) is 46.6 Å². The van der Waals surface area contributed by atoms with E-state index in [0.717, 1.165) is 70.0 Å². The first-order valence-corrected chi connectivity index (χ1v) is 15.9. The molecule has 1 aromatic heterocycles. The van der Waals surface area contributed by atoms with Crippen LogP contribution < -0.4 is 5.32 Å². The summed E-state index contributed by atoms with van der Waals surface area (Å²) in [5, 5.41) is 3.25. The lowest BCUT2D eigenvalue weighted by atomic mass is 9.79. The highest BCUT2D eigenvalue weighted by atomic mass is 16.5. The predicted octanol–water partition coefficient (Wildman–Crippen LogP) is 7.48. The molecule has 4 rings (SSSR count). The molecule has 1 aromatic carbocycles. The van der Waals surface area contributed by atoms with E-state index in [-0.39, 0.29) is 16.7 Å². The van der Waals surface area contributed by atoms with Crippen LogP contribution in [0.1, 0.15) is 114 Å². The molecule has 0 bridgehead atoms. The molecule has 1 amide bonds. The summed E-state index contributed by atoms with van der Waals surface area (Å²) in [4.78, 5) is 16.0. The number of nitrogens with zero attached hydrogens (tertiary/aromatic N) is 2. The van der Waals surface area contributed by atoms with E-state index in [1.165, 1.54) is 54.5 Å². The van der Waals surface area contributed by atoms with E-state index < -0.39 is 0 Å². The van der Waals surface area contributed by atoms with Crippen molar-refractivity contribution in [1.29, 1.82) is 0 Å². The van der Waals surface area contributed by atoms with E-state index in [1.807, 2.05) is 0 Å². The van der Waals surface area contributed by atoms with Gasteiger partial charge in [0, 0.05) is 37.6 Å². The fourth-order valence-electron chi connectivity index (χ4n) is 6.20. The molecule has 5 heteroatoms. The molecule has 0 radical (unpaired) electrons. The molecule has 0 atom stereocenters. The van der Waals surface area contributed by atoms with Crippen LogP contribution in [0, 0.1) is 12.8 Å². The van der Waals surface area contributed by atoms with Crippen LogP contribution in [0.25, 0.3) is 11.3 Å². The Morgan fingerprint density at radius 1 is 0.900 bits per heavy atom. The molecule has 2 fully saturated rings. The van der Waals surface area contributed by atoms with Gasteiger partial charge in [-0.15, -0.1) is 0 Å². The molecule has 1 aliphatic heterocycles. The lowest BCUT2D eigenvalue weighted by molar-refractivity contribution is 0.0372. The lowest BCUT2D eigenvalue weighted by Gasteiger charge is -2.27. The normalized spacial score (nSPS) is 17.8. The van der Waals surface area contributed by atoms with E-state index in [1.54, 1.807) is 0 Å². The number of hydrogen-bond donors (Lipinski definition) is 1. The van der Waals surface area contributed by atoms with Crippen LogP contribution >= 0.6 is 0 Å². The van der Waals surface area contributed by atoms with Crippen LogP contribution in [0.4, 0.5) is 0 Å². The monoisotopic (exact) mass is 549 g/mol. The van der Waals surface area contributed by atoms with Gasteiger partial charge in [-0.25, -0.2) is 0 Å². The largest absolute Gasteiger partial charge is 0.379 e. The van der Waals surface area contributed by atoms with Crippen LogP contribution in [0.2, 0.25) is 0 Å². The quantitative estimate of drug-likeness (QED) is 0.330. The van der Waals surface area contributed by atoms with Gasteiger partial charge in [0.2, 0.25) is 0 Å². The first-order chi connectivity index (χ1) is 18.9. The van der Waals surface area contributed by atoms with Gasteiger partial charge in [0.1, 0.15) is 0 Å². The number of carbonyl (C=O) groups excluding carboxylic acids is 1. The minimum atomic E-state index is 0.0489. The summed E-state index contributed by atoms with van der Waals surface area (Å²) >= 11 is 0. The number of hydrogen-bond acceptors (Lipinski definition) is 3. The molecule has 2 heterocycles. The van der Waals surface area contributed by atoms with E-state index in [0.29, 0.717) is 5.92 Å². The number of benzene rings is 1. The molecule has 0 spiro atoms. The van der Waals surface area contributed by atoms with Crippen molar-refractivity contribution in [2.45, 2.75) is 111 Å². The van der Waals surface area contributed by atoms with Crippen LogP contribution in [0.5, 0.6) is 0 Å². The van der Waals surface area contributed by atoms with E-state index >= 15 is 0 Å². The van der Waals surface area contributed by atoms with Crippen LogP contribution in [-0.2, 0) is 22.1 Å². The minimum absolute atomic E-state index is 0.0489. The first kappa shape index (κ1) is 30.8. The van der Waals surface area contributed by atoms with Gasteiger partial charge in [-0.3, -0.25) is 9.69 Å². The molecule has 40 heavy (non-hydrogen) atoms. The zero-order chi connectivity index (χ0) is 28.9. The van der Waals surface area contributed by atoms with Crippen molar-refractivity contribution in [2.75, 3.05) is 39.4 Å². The molecule has 1 aliphatic carbocycles. The standard InChI is InChI=1S/C35H55N3O2/c1-26-31(33(39)36-15-11-12-16-37-17-19-40-20-18-37)24-32(38(26)25-27-13-9-8-10-14-27)28-21-29(34(2,3)4)23-30(22-28)35(5,6)7/h21-24,27H,8-20,25H2,1-7H3,(H,36,39). The van der Waals surface area contributed by atoms with Crippen LogP contribution in [-0.4, -0.2) is 54.8 Å². The van der Waals surface area contributed by atoms with Crippen molar-refractivity contribution < 1.29 is 9.53 Å². The van der Waals surface area contributed by atoms with Gasteiger partial charge < -0.3 is 14.6 Å². The summed E-state index contributed by atoms with van der Waals surface area (Å²) in [5.41, 5.74) is 7.16. The highest BCUT2D eigenvalue weighted by molar-refractivity contribution is 5.97.